The van der Waals surface area contributed by atoms with Crippen molar-refractivity contribution in [2.75, 3.05) is 5.75 Å². The van der Waals surface area contributed by atoms with Crippen molar-refractivity contribution in [2.24, 2.45) is 0 Å². The molecule has 4 nitrogen and oxygen atoms in total. The van der Waals surface area contributed by atoms with Crippen molar-refractivity contribution in [2.45, 2.75) is 11.4 Å². The fraction of sp³-hybridized carbons (Fsp3) is 0.143. The Morgan fingerprint density at radius 1 is 1.23 bits per heavy atom. The molecule has 22 heavy (non-hydrogen) atoms. The van der Waals surface area contributed by atoms with Gasteiger partial charge in [-0.3, -0.25) is 10.1 Å². The van der Waals surface area contributed by atoms with E-state index in [-0.39, 0.29) is 10.6 Å². The quantitative estimate of drug-likeness (QED) is 0.821. The normalized spacial score (nSPS) is 10.3. The molecule has 2 aromatic rings. The van der Waals surface area contributed by atoms with Crippen molar-refractivity contribution in [3.63, 3.8) is 0 Å². The maximum absolute atomic E-state index is 13.4. The van der Waals surface area contributed by atoms with Crippen LogP contribution in [0.25, 0.3) is 0 Å². The largest absolute Gasteiger partial charge is 0.333 e. The molecule has 1 aromatic carbocycles. The Bertz CT molecular complexity index is 663. The molecule has 116 valence electrons. The highest BCUT2D eigenvalue weighted by molar-refractivity contribution is 8.00. The summed E-state index contributed by atoms with van der Waals surface area (Å²) in [4.78, 5) is 24.2. The highest BCUT2D eigenvalue weighted by Crippen LogP contribution is 2.21. The lowest BCUT2D eigenvalue weighted by molar-refractivity contribution is -0.117. The predicted octanol–water partition coefficient (Wildman–Crippen LogP) is 3.14. The van der Waals surface area contributed by atoms with E-state index < -0.39 is 23.6 Å². The fourth-order valence-corrected chi connectivity index (χ4v) is 2.89. The van der Waals surface area contributed by atoms with Crippen LogP contribution in [0.3, 0.4) is 0 Å². The Morgan fingerprint density at radius 2 is 2.05 bits per heavy atom. The average molecular weight is 342 g/mol. The van der Waals surface area contributed by atoms with Gasteiger partial charge in [-0.25, -0.2) is 13.6 Å². The molecule has 0 saturated heterocycles. The second-order valence-electron chi connectivity index (χ2n) is 4.17. The van der Waals surface area contributed by atoms with Crippen LogP contribution in [-0.2, 0) is 11.3 Å². The van der Waals surface area contributed by atoms with E-state index in [1.165, 1.54) is 17.4 Å². The Labute approximate surface area is 133 Å². The van der Waals surface area contributed by atoms with Crippen molar-refractivity contribution in [1.29, 1.82) is 0 Å². The van der Waals surface area contributed by atoms with Gasteiger partial charge in [0.25, 0.3) is 0 Å². The lowest BCUT2D eigenvalue weighted by Crippen LogP contribution is -2.39. The van der Waals surface area contributed by atoms with E-state index in [0.29, 0.717) is 6.54 Å². The van der Waals surface area contributed by atoms with Gasteiger partial charge in [0.1, 0.15) is 11.6 Å². The molecule has 1 heterocycles. The highest BCUT2D eigenvalue weighted by atomic mass is 32.2. The first-order chi connectivity index (χ1) is 10.5. The van der Waals surface area contributed by atoms with Crippen LogP contribution in [0.1, 0.15) is 4.88 Å². The second-order valence-corrected chi connectivity index (χ2v) is 6.22. The van der Waals surface area contributed by atoms with Crippen LogP contribution in [-0.4, -0.2) is 17.7 Å². The van der Waals surface area contributed by atoms with E-state index in [1.54, 1.807) is 0 Å². The van der Waals surface area contributed by atoms with Crippen LogP contribution in [0.15, 0.2) is 40.6 Å². The van der Waals surface area contributed by atoms with Crippen LogP contribution in [0, 0.1) is 11.6 Å². The molecule has 0 unspecified atom stereocenters. The minimum atomic E-state index is -0.736. The summed E-state index contributed by atoms with van der Waals surface area (Å²) in [5.74, 6) is -2.12. The van der Waals surface area contributed by atoms with Gasteiger partial charge in [0.15, 0.2) is 0 Å². The average Bonchev–Trinajstić information content (AvgIpc) is 2.97. The van der Waals surface area contributed by atoms with E-state index in [4.69, 9.17) is 0 Å². The van der Waals surface area contributed by atoms with Crippen molar-refractivity contribution in [3.05, 3.63) is 52.2 Å². The SMILES string of the molecule is O=C(CSc1ccc(F)cc1F)NC(=O)NCc1cccs1. The molecule has 0 aliphatic heterocycles. The molecule has 3 amide bonds. The molecule has 0 atom stereocenters. The first kappa shape index (κ1) is 16.4. The van der Waals surface area contributed by atoms with E-state index in [9.17, 15) is 18.4 Å². The van der Waals surface area contributed by atoms with Crippen LogP contribution >= 0.6 is 23.1 Å². The summed E-state index contributed by atoms with van der Waals surface area (Å²) in [6.07, 6.45) is 0. The Balaban J connectivity index is 1.74. The number of benzene rings is 1. The van der Waals surface area contributed by atoms with E-state index in [2.05, 4.69) is 10.6 Å². The molecule has 0 bridgehead atoms. The van der Waals surface area contributed by atoms with Crippen molar-refractivity contribution in [1.82, 2.24) is 10.6 Å². The first-order valence-corrected chi connectivity index (χ1v) is 8.09. The number of halogens is 2. The Kier molecular flexibility index (Phi) is 5.91. The minimum absolute atomic E-state index is 0.144. The number of amides is 3. The van der Waals surface area contributed by atoms with Gasteiger partial charge in [-0.05, 0) is 23.6 Å². The molecule has 1 aromatic heterocycles. The summed E-state index contributed by atoms with van der Waals surface area (Å²) >= 11 is 2.38. The van der Waals surface area contributed by atoms with Crippen LogP contribution in [0.2, 0.25) is 0 Å². The fourth-order valence-electron chi connectivity index (χ4n) is 1.52. The molecule has 8 heteroatoms. The van der Waals surface area contributed by atoms with Gasteiger partial charge in [-0.2, -0.15) is 0 Å². The zero-order valence-electron chi connectivity index (χ0n) is 11.3. The van der Waals surface area contributed by atoms with Crippen molar-refractivity contribution in [3.8, 4) is 0 Å². The van der Waals surface area contributed by atoms with E-state index in [0.717, 1.165) is 28.8 Å². The minimum Gasteiger partial charge on any atom is -0.333 e. The number of thioether (sulfide) groups is 1. The molecular weight excluding hydrogens is 330 g/mol. The van der Waals surface area contributed by atoms with Gasteiger partial charge in [-0.15, -0.1) is 23.1 Å². The number of nitrogens with one attached hydrogen (secondary N) is 2. The summed E-state index contributed by atoms with van der Waals surface area (Å²) in [6, 6.07) is 6.21. The summed E-state index contributed by atoms with van der Waals surface area (Å²) in [7, 11) is 0. The topological polar surface area (TPSA) is 58.2 Å². The van der Waals surface area contributed by atoms with Gasteiger partial charge in [0.2, 0.25) is 5.91 Å². The Hall–Kier alpha value is -1.93. The number of rotatable bonds is 5. The molecule has 2 rings (SSSR count). The smallest absolute Gasteiger partial charge is 0.321 e. The van der Waals surface area contributed by atoms with E-state index in [1.807, 2.05) is 17.5 Å². The summed E-state index contributed by atoms with van der Waals surface area (Å²) in [5.41, 5.74) is 0. The summed E-state index contributed by atoms with van der Waals surface area (Å²) < 4.78 is 26.1. The molecule has 2 N–H and O–H groups in total. The van der Waals surface area contributed by atoms with Gasteiger partial charge >= 0.3 is 6.03 Å². The number of carbonyl (C=O) groups is 2. The standard InChI is InChI=1S/C14H12F2N2O2S2/c15-9-3-4-12(11(16)6-9)22-8-13(19)18-14(20)17-7-10-2-1-5-21-10/h1-6H,7-8H2,(H2,17,18,19,20). The van der Waals surface area contributed by atoms with Gasteiger partial charge in [-0.1, -0.05) is 6.07 Å². The predicted molar refractivity (Wildman–Crippen MR) is 81.8 cm³/mol. The molecule has 0 spiro atoms. The number of imide groups is 1. The molecule has 0 aliphatic rings. The van der Waals surface area contributed by atoms with Crippen LogP contribution < -0.4 is 10.6 Å². The number of urea groups is 1. The maximum atomic E-state index is 13.4. The van der Waals surface area contributed by atoms with E-state index >= 15 is 0 Å². The zero-order valence-corrected chi connectivity index (χ0v) is 12.9. The molecule has 0 radical (unpaired) electrons. The van der Waals surface area contributed by atoms with Crippen molar-refractivity contribution >= 4 is 35.0 Å². The maximum Gasteiger partial charge on any atom is 0.321 e. The number of thiophene rings is 1. The zero-order chi connectivity index (χ0) is 15.9. The molecule has 0 saturated carbocycles. The molecule has 0 aliphatic carbocycles. The third-order valence-corrected chi connectivity index (χ3v) is 4.43. The second kappa shape index (κ2) is 7.90. The monoisotopic (exact) mass is 342 g/mol. The third kappa shape index (κ3) is 5.12. The molecular formula is C14H12F2N2O2S2. The summed E-state index contributed by atoms with van der Waals surface area (Å²) in [6.45, 7) is 0.330. The lowest BCUT2D eigenvalue weighted by Gasteiger charge is -2.06. The van der Waals surface area contributed by atoms with Crippen LogP contribution in [0.5, 0.6) is 0 Å². The van der Waals surface area contributed by atoms with Gasteiger partial charge in [0.05, 0.1) is 12.3 Å². The van der Waals surface area contributed by atoms with Gasteiger partial charge < -0.3 is 5.32 Å². The first-order valence-electron chi connectivity index (χ1n) is 6.22. The van der Waals surface area contributed by atoms with Crippen molar-refractivity contribution < 1.29 is 18.4 Å². The number of carbonyl (C=O) groups excluding carboxylic acids is 2. The number of hydrogen-bond acceptors (Lipinski definition) is 4. The lowest BCUT2D eigenvalue weighted by atomic mass is 10.3. The summed E-state index contributed by atoms with van der Waals surface area (Å²) in [5, 5.41) is 6.56. The number of hydrogen-bond donors (Lipinski definition) is 2. The van der Waals surface area contributed by atoms with Gasteiger partial charge in [0, 0.05) is 15.8 Å². The molecule has 0 fully saturated rings. The highest BCUT2D eigenvalue weighted by Gasteiger charge is 2.10. The third-order valence-electron chi connectivity index (χ3n) is 2.51. The van der Waals surface area contributed by atoms with Crippen LogP contribution in [0.4, 0.5) is 13.6 Å². The Morgan fingerprint density at radius 3 is 2.73 bits per heavy atom.